The van der Waals surface area contributed by atoms with Crippen molar-refractivity contribution >= 4 is 19.7 Å². The van der Waals surface area contributed by atoms with Crippen molar-refractivity contribution in [2.75, 3.05) is 5.88 Å². The molecular formula is C9H17ClSi. The molecule has 0 aromatic rings. The minimum Gasteiger partial charge on any atom is -0.132 e. The summed E-state index contributed by atoms with van der Waals surface area (Å²) in [4.78, 5) is 0. The first kappa shape index (κ1) is 11.1. The Hall–Kier alpha value is 0.0669. The van der Waals surface area contributed by atoms with Gasteiger partial charge in [-0.2, -0.15) is 0 Å². The van der Waals surface area contributed by atoms with Gasteiger partial charge in [0.1, 0.15) is 8.07 Å². The molecule has 64 valence electrons. The second kappa shape index (κ2) is 5.68. The zero-order valence-corrected chi connectivity index (χ0v) is 9.46. The van der Waals surface area contributed by atoms with E-state index in [1.165, 1.54) is 12.5 Å². The monoisotopic (exact) mass is 188 g/mol. The van der Waals surface area contributed by atoms with Crippen LogP contribution in [-0.2, 0) is 0 Å². The number of halogens is 1. The molecule has 0 amide bonds. The normalized spacial score (nSPS) is 10.5. The largest absolute Gasteiger partial charge is 0.132 e. The van der Waals surface area contributed by atoms with Gasteiger partial charge in [0.15, 0.2) is 0 Å². The lowest BCUT2D eigenvalue weighted by molar-refractivity contribution is 0.877. The third-order valence-corrected chi connectivity index (χ3v) is 4.45. The molecule has 11 heavy (non-hydrogen) atoms. The molecule has 0 heterocycles. The molecule has 0 nitrogen and oxygen atoms in total. The van der Waals surface area contributed by atoms with E-state index >= 15 is 0 Å². The van der Waals surface area contributed by atoms with Crippen molar-refractivity contribution in [1.82, 2.24) is 0 Å². The van der Waals surface area contributed by atoms with Crippen LogP contribution in [0.1, 0.15) is 19.8 Å². The second-order valence-corrected chi connectivity index (χ2v) is 8.30. The fourth-order valence-corrected chi connectivity index (χ4v) is 3.19. The highest BCUT2D eigenvalue weighted by Gasteiger charge is 2.16. The van der Waals surface area contributed by atoms with Crippen molar-refractivity contribution in [3.05, 3.63) is 0 Å². The van der Waals surface area contributed by atoms with Crippen LogP contribution < -0.4 is 0 Å². The minimum absolute atomic E-state index is 0.796. The lowest BCUT2D eigenvalue weighted by Gasteiger charge is -2.13. The molecule has 0 aromatic carbocycles. The number of hydrogen-bond donors (Lipinski definition) is 0. The Bertz CT molecular complexity index is 153. The van der Waals surface area contributed by atoms with Crippen LogP contribution in [0.15, 0.2) is 0 Å². The molecule has 0 aliphatic rings. The number of rotatable bonds is 4. The maximum absolute atomic E-state index is 5.59. The van der Waals surface area contributed by atoms with Gasteiger partial charge in [-0.05, 0) is 19.4 Å². The Morgan fingerprint density at radius 3 is 2.36 bits per heavy atom. The Kier molecular flexibility index (Phi) is 5.72. The second-order valence-electron chi connectivity index (χ2n) is 3.40. The molecule has 0 aromatic heterocycles. The molecule has 0 unspecified atom stereocenters. The molecule has 0 fully saturated rings. The molecule has 0 aliphatic carbocycles. The van der Waals surface area contributed by atoms with Crippen LogP contribution in [0.4, 0.5) is 0 Å². The summed E-state index contributed by atoms with van der Waals surface area (Å²) >= 11 is 5.59. The van der Waals surface area contributed by atoms with Gasteiger partial charge in [0.05, 0.1) is 0 Å². The topological polar surface area (TPSA) is 0 Å². The smallest absolute Gasteiger partial charge is 0.132 e. The summed E-state index contributed by atoms with van der Waals surface area (Å²) in [5.74, 6) is 3.81. The quantitative estimate of drug-likeness (QED) is 0.275. The summed E-state index contributed by atoms with van der Waals surface area (Å²) in [5, 5.41) is 0. The summed E-state index contributed by atoms with van der Waals surface area (Å²) in [6.07, 6.45) is 2.39. The van der Waals surface area contributed by atoms with Gasteiger partial charge in [-0.3, -0.25) is 0 Å². The molecule has 0 rings (SSSR count). The average molecular weight is 189 g/mol. The van der Waals surface area contributed by atoms with Crippen molar-refractivity contribution in [2.24, 2.45) is 0 Å². The van der Waals surface area contributed by atoms with Crippen molar-refractivity contribution in [2.45, 2.75) is 38.9 Å². The fraction of sp³-hybridized carbons (Fsp3) is 0.778. The molecule has 2 heteroatoms. The number of hydrogen-bond acceptors (Lipinski definition) is 0. The van der Waals surface area contributed by atoms with Gasteiger partial charge in [-0.15, -0.1) is 23.1 Å². The van der Waals surface area contributed by atoms with Crippen LogP contribution in [0.2, 0.25) is 19.1 Å². The molecular weight excluding hydrogens is 172 g/mol. The van der Waals surface area contributed by atoms with E-state index in [0.29, 0.717) is 0 Å². The molecule has 0 N–H and O–H groups in total. The first-order chi connectivity index (χ1) is 5.12. The van der Waals surface area contributed by atoms with Crippen LogP contribution in [0.5, 0.6) is 0 Å². The van der Waals surface area contributed by atoms with Gasteiger partial charge in [0, 0.05) is 5.88 Å². The van der Waals surface area contributed by atoms with Gasteiger partial charge in [-0.1, -0.05) is 19.5 Å². The van der Waals surface area contributed by atoms with E-state index in [2.05, 4.69) is 24.6 Å². The van der Waals surface area contributed by atoms with Gasteiger partial charge >= 0.3 is 0 Å². The van der Waals surface area contributed by atoms with E-state index < -0.39 is 8.07 Å². The number of unbranched alkanes of at least 4 members (excludes halogenated alkanes) is 1. The van der Waals surface area contributed by atoms with Crippen molar-refractivity contribution in [3.8, 4) is 11.5 Å². The first-order valence-electron chi connectivity index (χ1n) is 4.12. The van der Waals surface area contributed by atoms with Gasteiger partial charge in [-0.25, -0.2) is 0 Å². The summed E-state index contributed by atoms with van der Waals surface area (Å²) in [6, 6.07) is 1.29. The zero-order valence-electron chi connectivity index (χ0n) is 7.71. The molecule has 0 saturated carbocycles. The molecule has 0 saturated heterocycles. The Labute approximate surface area is 76.3 Å². The maximum atomic E-state index is 5.59. The predicted octanol–water partition coefficient (Wildman–Crippen LogP) is 3.28. The first-order valence-corrected chi connectivity index (χ1v) is 7.86. The summed E-state index contributed by atoms with van der Waals surface area (Å²) in [6.45, 7) is 6.56. The van der Waals surface area contributed by atoms with Gasteiger partial charge in [0.2, 0.25) is 0 Å². The third-order valence-electron chi connectivity index (χ3n) is 1.65. The third kappa shape index (κ3) is 6.46. The van der Waals surface area contributed by atoms with E-state index in [1.807, 2.05) is 6.92 Å². The van der Waals surface area contributed by atoms with E-state index in [0.717, 1.165) is 12.3 Å². The van der Waals surface area contributed by atoms with E-state index in [9.17, 15) is 0 Å². The lowest BCUT2D eigenvalue weighted by atomic mass is 10.4. The summed E-state index contributed by atoms with van der Waals surface area (Å²) in [7, 11) is -1.16. The van der Waals surface area contributed by atoms with E-state index in [4.69, 9.17) is 11.6 Å². The van der Waals surface area contributed by atoms with Crippen molar-refractivity contribution < 1.29 is 0 Å². The highest BCUT2D eigenvalue weighted by Crippen LogP contribution is 2.12. The molecule has 0 spiro atoms. The van der Waals surface area contributed by atoms with Gasteiger partial charge < -0.3 is 0 Å². The molecule has 0 atom stereocenters. The summed E-state index contributed by atoms with van der Waals surface area (Å²) in [5.41, 5.74) is 3.33. The molecule has 0 radical (unpaired) electrons. The van der Waals surface area contributed by atoms with Crippen LogP contribution in [0, 0.1) is 11.5 Å². The van der Waals surface area contributed by atoms with Gasteiger partial charge in [0.25, 0.3) is 0 Å². The Morgan fingerprint density at radius 1 is 1.27 bits per heavy atom. The van der Waals surface area contributed by atoms with E-state index in [-0.39, 0.29) is 0 Å². The highest BCUT2D eigenvalue weighted by molar-refractivity contribution is 6.85. The van der Waals surface area contributed by atoms with Crippen LogP contribution >= 0.6 is 11.6 Å². The van der Waals surface area contributed by atoms with Crippen molar-refractivity contribution in [1.29, 1.82) is 0 Å². The number of alkyl halides is 1. The fourth-order valence-electron chi connectivity index (χ4n) is 1.06. The average Bonchev–Trinajstić information content (AvgIpc) is 1.87. The Balaban J connectivity index is 3.61. The molecule has 0 bridgehead atoms. The van der Waals surface area contributed by atoms with Crippen LogP contribution in [-0.4, -0.2) is 14.0 Å². The molecule has 0 aliphatic heterocycles. The van der Waals surface area contributed by atoms with Crippen molar-refractivity contribution in [3.63, 3.8) is 0 Å². The minimum atomic E-state index is -1.16. The summed E-state index contributed by atoms with van der Waals surface area (Å²) < 4.78 is 0. The SMILES string of the molecule is CC#C[Si](C)(C)CCCCCl. The van der Waals surface area contributed by atoms with Crippen LogP contribution in [0.25, 0.3) is 0 Å². The maximum Gasteiger partial charge on any atom is 0.132 e. The Morgan fingerprint density at radius 2 is 1.91 bits per heavy atom. The predicted molar refractivity (Wildman–Crippen MR) is 55.7 cm³/mol. The highest BCUT2D eigenvalue weighted by atomic mass is 35.5. The van der Waals surface area contributed by atoms with E-state index in [1.54, 1.807) is 0 Å². The van der Waals surface area contributed by atoms with Crippen LogP contribution in [0.3, 0.4) is 0 Å². The lowest BCUT2D eigenvalue weighted by Crippen LogP contribution is -2.22. The standard InChI is InChI=1S/C9H17ClSi/c1-4-8-11(2,3)9-6-5-7-10/h5-7,9H2,1-3H3. The zero-order chi connectivity index (χ0) is 8.74.